The summed E-state index contributed by atoms with van der Waals surface area (Å²) in [5.41, 5.74) is 0. The molecule has 2 rings (SSSR count). The smallest absolute Gasteiger partial charge is 0.191 e. The molecule has 6 nitrogen and oxygen atoms in total. The molecule has 1 unspecified atom stereocenters. The van der Waals surface area contributed by atoms with Crippen LogP contribution in [0.1, 0.15) is 23.2 Å². The predicted octanol–water partition coefficient (Wildman–Crippen LogP) is 0.736. The molecule has 1 saturated heterocycles. The van der Waals surface area contributed by atoms with Crippen LogP contribution in [0, 0.1) is 6.92 Å². The fraction of sp³-hybridized carbons (Fsp3) is 0.692. The molecular weight excluding hydrogens is 308 g/mol. The van der Waals surface area contributed by atoms with Gasteiger partial charge in [0, 0.05) is 36.6 Å². The number of nitrogens with zero attached hydrogens (tertiary/aromatic N) is 2. The monoisotopic (exact) mass is 330 g/mol. The molecule has 1 aromatic rings. The van der Waals surface area contributed by atoms with Crippen molar-refractivity contribution < 1.29 is 8.42 Å². The van der Waals surface area contributed by atoms with Gasteiger partial charge in [-0.1, -0.05) is 0 Å². The van der Waals surface area contributed by atoms with Crippen molar-refractivity contribution in [2.75, 3.05) is 24.6 Å². The van der Waals surface area contributed by atoms with Crippen LogP contribution in [0.5, 0.6) is 0 Å². The second-order valence-corrected chi connectivity index (χ2v) is 8.67. The van der Waals surface area contributed by atoms with Gasteiger partial charge in [0.05, 0.1) is 16.5 Å². The highest BCUT2D eigenvalue weighted by atomic mass is 32.2. The zero-order valence-corrected chi connectivity index (χ0v) is 14.1. The Hall–Kier alpha value is -1.15. The van der Waals surface area contributed by atoms with Crippen molar-refractivity contribution in [2.45, 2.75) is 32.7 Å². The quantitative estimate of drug-likeness (QED) is 0.614. The van der Waals surface area contributed by atoms with E-state index in [4.69, 9.17) is 0 Å². The average Bonchev–Trinajstić information content (AvgIpc) is 2.96. The highest BCUT2D eigenvalue weighted by molar-refractivity contribution is 7.91. The van der Waals surface area contributed by atoms with Gasteiger partial charge < -0.3 is 10.6 Å². The molecule has 0 radical (unpaired) electrons. The molecule has 1 fully saturated rings. The maximum atomic E-state index is 11.5. The first-order valence-corrected chi connectivity index (χ1v) is 9.79. The Morgan fingerprint density at radius 1 is 1.57 bits per heavy atom. The third kappa shape index (κ3) is 5.28. The van der Waals surface area contributed by atoms with Crippen molar-refractivity contribution in [1.82, 2.24) is 15.6 Å². The summed E-state index contributed by atoms with van der Waals surface area (Å²) in [5, 5.41) is 7.44. The van der Waals surface area contributed by atoms with E-state index in [0.29, 0.717) is 18.9 Å². The maximum absolute atomic E-state index is 11.5. The first-order valence-electron chi connectivity index (χ1n) is 7.15. The number of hydrogen-bond donors (Lipinski definition) is 2. The Balaban J connectivity index is 1.87. The van der Waals surface area contributed by atoms with Gasteiger partial charge in [-0.25, -0.2) is 13.4 Å². The number of nitrogens with one attached hydrogen (secondary N) is 2. The number of rotatable bonds is 5. The van der Waals surface area contributed by atoms with E-state index in [0.717, 1.165) is 18.0 Å². The molecule has 1 aliphatic rings. The van der Waals surface area contributed by atoms with Crippen LogP contribution in [0.15, 0.2) is 11.2 Å². The van der Waals surface area contributed by atoms with E-state index >= 15 is 0 Å². The van der Waals surface area contributed by atoms with Gasteiger partial charge in [-0.3, -0.25) is 4.99 Å². The third-order valence-electron chi connectivity index (χ3n) is 3.18. The lowest BCUT2D eigenvalue weighted by Crippen LogP contribution is -2.44. The first-order chi connectivity index (χ1) is 9.98. The van der Waals surface area contributed by atoms with Crippen LogP contribution in [0.2, 0.25) is 0 Å². The summed E-state index contributed by atoms with van der Waals surface area (Å²) in [6.45, 7) is 5.42. The maximum Gasteiger partial charge on any atom is 0.191 e. The van der Waals surface area contributed by atoms with Gasteiger partial charge in [0.2, 0.25) is 0 Å². The van der Waals surface area contributed by atoms with Crippen molar-refractivity contribution in [3.05, 3.63) is 16.1 Å². The summed E-state index contributed by atoms with van der Waals surface area (Å²) >= 11 is 1.68. The van der Waals surface area contributed by atoms with Crippen LogP contribution in [0.3, 0.4) is 0 Å². The number of thiazole rings is 1. The van der Waals surface area contributed by atoms with Crippen LogP contribution in [0.4, 0.5) is 0 Å². The summed E-state index contributed by atoms with van der Waals surface area (Å²) < 4.78 is 22.9. The summed E-state index contributed by atoms with van der Waals surface area (Å²) in [5.74, 6) is 1.15. The lowest BCUT2D eigenvalue weighted by molar-refractivity contribution is 0.599. The SMILES string of the molecule is CCNC(=NCCc1ncc(C)s1)NC1CCS(=O)(=O)C1. The van der Waals surface area contributed by atoms with E-state index < -0.39 is 9.84 Å². The Morgan fingerprint density at radius 3 is 2.95 bits per heavy atom. The molecule has 0 bridgehead atoms. The van der Waals surface area contributed by atoms with Gasteiger partial charge in [0.15, 0.2) is 15.8 Å². The molecule has 118 valence electrons. The molecule has 1 atom stereocenters. The van der Waals surface area contributed by atoms with Gasteiger partial charge in [0.1, 0.15) is 0 Å². The third-order valence-corrected chi connectivity index (χ3v) is 5.92. The van der Waals surface area contributed by atoms with E-state index in [2.05, 4.69) is 20.6 Å². The van der Waals surface area contributed by atoms with E-state index in [9.17, 15) is 8.42 Å². The van der Waals surface area contributed by atoms with Gasteiger partial charge in [0.25, 0.3) is 0 Å². The van der Waals surface area contributed by atoms with E-state index in [1.54, 1.807) is 11.3 Å². The molecule has 0 aliphatic carbocycles. The highest BCUT2D eigenvalue weighted by Crippen LogP contribution is 2.12. The van der Waals surface area contributed by atoms with Crippen LogP contribution in [0.25, 0.3) is 0 Å². The minimum absolute atomic E-state index is 0.0325. The summed E-state index contributed by atoms with van der Waals surface area (Å²) in [7, 11) is -2.87. The minimum atomic E-state index is -2.87. The zero-order valence-electron chi connectivity index (χ0n) is 12.4. The largest absolute Gasteiger partial charge is 0.357 e. The van der Waals surface area contributed by atoms with Crippen LogP contribution in [-0.4, -0.2) is 50.0 Å². The van der Waals surface area contributed by atoms with Gasteiger partial charge >= 0.3 is 0 Å². The van der Waals surface area contributed by atoms with E-state index in [-0.39, 0.29) is 17.5 Å². The van der Waals surface area contributed by atoms with Gasteiger partial charge in [-0.2, -0.15) is 0 Å². The lowest BCUT2D eigenvalue weighted by atomic mass is 10.3. The van der Waals surface area contributed by atoms with Crippen molar-refractivity contribution in [3.63, 3.8) is 0 Å². The Bertz CT molecular complexity index is 595. The minimum Gasteiger partial charge on any atom is -0.357 e. The molecule has 0 amide bonds. The van der Waals surface area contributed by atoms with E-state index in [1.165, 1.54) is 4.88 Å². The second-order valence-electron chi connectivity index (χ2n) is 5.12. The molecule has 2 N–H and O–H groups in total. The predicted molar refractivity (Wildman–Crippen MR) is 86.7 cm³/mol. The van der Waals surface area contributed by atoms with E-state index in [1.807, 2.05) is 20.0 Å². The van der Waals surface area contributed by atoms with Crippen molar-refractivity contribution in [1.29, 1.82) is 0 Å². The number of aromatic nitrogens is 1. The Kier molecular flexibility index (Phi) is 5.58. The molecule has 8 heteroatoms. The first kappa shape index (κ1) is 16.2. The van der Waals surface area contributed by atoms with Crippen molar-refractivity contribution in [2.24, 2.45) is 4.99 Å². The lowest BCUT2D eigenvalue weighted by Gasteiger charge is -2.15. The number of aryl methyl sites for hydroxylation is 1. The summed E-state index contributed by atoms with van der Waals surface area (Å²) in [4.78, 5) is 10.0. The molecule has 0 saturated carbocycles. The fourth-order valence-electron chi connectivity index (χ4n) is 2.20. The molecule has 2 heterocycles. The van der Waals surface area contributed by atoms with Crippen molar-refractivity contribution in [3.8, 4) is 0 Å². The molecule has 0 aromatic carbocycles. The number of sulfone groups is 1. The van der Waals surface area contributed by atoms with Crippen LogP contribution in [-0.2, 0) is 16.3 Å². The number of aliphatic imine (C=N–C) groups is 1. The number of hydrogen-bond acceptors (Lipinski definition) is 5. The van der Waals surface area contributed by atoms with Crippen LogP contribution >= 0.6 is 11.3 Å². The molecule has 1 aromatic heterocycles. The Morgan fingerprint density at radius 2 is 2.38 bits per heavy atom. The normalized spacial score (nSPS) is 21.4. The summed E-state index contributed by atoms with van der Waals surface area (Å²) in [6, 6.07) is -0.0325. The fourth-order valence-corrected chi connectivity index (χ4v) is 4.65. The Labute approximate surface area is 130 Å². The average molecular weight is 330 g/mol. The zero-order chi connectivity index (χ0) is 15.3. The topological polar surface area (TPSA) is 83.4 Å². The molecule has 1 aliphatic heterocycles. The molecule has 0 spiro atoms. The molecule has 21 heavy (non-hydrogen) atoms. The highest BCUT2D eigenvalue weighted by Gasteiger charge is 2.28. The van der Waals surface area contributed by atoms with Gasteiger partial charge in [-0.05, 0) is 20.3 Å². The standard InChI is InChI=1S/C13H22N4O2S2/c1-3-14-13(17-11-5-7-21(18,19)9-11)15-6-4-12-16-8-10(2)20-12/h8,11H,3-7,9H2,1-2H3,(H2,14,15,17). The number of guanidine groups is 1. The second kappa shape index (κ2) is 7.22. The van der Waals surface area contributed by atoms with Gasteiger partial charge in [-0.15, -0.1) is 11.3 Å². The summed E-state index contributed by atoms with van der Waals surface area (Å²) in [6.07, 6.45) is 3.33. The molecular formula is C13H22N4O2S2. The van der Waals surface area contributed by atoms with Crippen LogP contribution < -0.4 is 10.6 Å². The van der Waals surface area contributed by atoms with Crippen molar-refractivity contribution >= 4 is 27.1 Å².